The van der Waals surface area contributed by atoms with Crippen molar-refractivity contribution in [1.29, 1.82) is 0 Å². The van der Waals surface area contributed by atoms with E-state index in [-0.39, 0.29) is 11.9 Å². The van der Waals surface area contributed by atoms with Gasteiger partial charge in [0.1, 0.15) is 0 Å². The molecule has 1 aliphatic rings. The van der Waals surface area contributed by atoms with Gasteiger partial charge in [0.05, 0.1) is 6.54 Å². The summed E-state index contributed by atoms with van der Waals surface area (Å²) in [5, 5.41) is 2.94. The third kappa shape index (κ3) is 4.18. The van der Waals surface area contributed by atoms with Gasteiger partial charge in [0, 0.05) is 32.2 Å². The van der Waals surface area contributed by atoms with E-state index in [2.05, 4.69) is 10.2 Å². The average Bonchev–Trinajstić information content (AvgIpc) is 2.29. The fraction of sp³-hybridized carbons (Fsp3) is 0.818. The summed E-state index contributed by atoms with van der Waals surface area (Å²) in [6.45, 7) is 7.51. The van der Waals surface area contributed by atoms with Gasteiger partial charge in [-0.15, -0.1) is 0 Å². The molecule has 5 heteroatoms. The van der Waals surface area contributed by atoms with Gasteiger partial charge >= 0.3 is 0 Å². The summed E-state index contributed by atoms with van der Waals surface area (Å²) in [5.74, 6) is 0.0777. The summed E-state index contributed by atoms with van der Waals surface area (Å²) in [7, 11) is 0. The summed E-state index contributed by atoms with van der Waals surface area (Å²) in [5.41, 5.74) is 0. The fourth-order valence-corrected chi connectivity index (χ4v) is 1.65. The second-order valence-electron chi connectivity index (χ2n) is 4.29. The summed E-state index contributed by atoms with van der Waals surface area (Å²) in [6, 6.07) is 0.240. The smallest absolute Gasteiger partial charge is 0.234 e. The molecule has 1 atom stereocenters. The molecule has 0 aliphatic carbocycles. The maximum absolute atomic E-state index is 11.6. The molecule has 0 aromatic rings. The van der Waals surface area contributed by atoms with Gasteiger partial charge in [-0.2, -0.15) is 0 Å². The van der Waals surface area contributed by atoms with Crippen molar-refractivity contribution in [2.45, 2.75) is 26.3 Å². The van der Waals surface area contributed by atoms with Crippen molar-refractivity contribution in [1.82, 2.24) is 15.1 Å². The molecule has 0 radical (unpaired) electrons. The van der Waals surface area contributed by atoms with Crippen LogP contribution < -0.4 is 5.32 Å². The SMILES string of the molecule is CCC(C)NC(=O)CN1CCN(C=O)CC1. The average molecular weight is 227 g/mol. The van der Waals surface area contributed by atoms with E-state index in [9.17, 15) is 9.59 Å². The van der Waals surface area contributed by atoms with Crippen LogP contribution in [0.25, 0.3) is 0 Å². The van der Waals surface area contributed by atoms with Crippen LogP contribution >= 0.6 is 0 Å². The predicted molar refractivity (Wildman–Crippen MR) is 62.0 cm³/mol. The Labute approximate surface area is 96.8 Å². The molecule has 1 saturated heterocycles. The van der Waals surface area contributed by atoms with Crippen LogP contribution in [0.1, 0.15) is 20.3 Å². The zero-order chi connectivity index (χ0) is 12.0. The van der Waals surface area contributed by atoms with Gasteiger partial charge in [-0.3, -0.25) is 14.5 Å². The highest BCUT2D eigenvalue weighted by atomic mass is 16.2. The summed E-state index contributed by atoms with van der Waals surface area (Å²) >= 11 is 0. The first-order valence-electron chi connectivity index (χ1n) is 5.86. The van der Waals surface area contributed by atoms with Crippen LogP contribution in [0, 0.1) is 0 Å². The molecule has 16 heavy (non-hydrogen) atoms. The molecular weight excluding hydrogens is 206 g/mol. The first kappa shape index (κ1) is 13.0. The van der Waals surface area contributed by atoms with Gasteiger partial charge in [-0.05, 0) is 13.3 Å². The van der Waals surface area contributed by atoms with Crippen molar-refractivity contribution in [3.05, 3.63) is 0 Å². The highest BCUT2D eigenvalue weighted by molar-refractivity contribution is 5.78. The lowest BCUT2D eigenvalue weighted by molar-refractivity contribution is -0.124. The van der Waals surface area contributed by atoms with Crippen LogP contribution in [0.3, 0.4) is 0 Å². The zero-order valence-electron chi connectivity index (χ0n) is 10.1. The molecule has 1 rings (SSSR count). The molecule has 0 aromatic heterocycles. The highest BCUT2D eigenvalue weighted by Gasteiger charge is 2.17. The van der Waals surface area contributed by atoms with Crippen molar-refractivity contribution in [2.75, 3.05) is 32.7 Å². The van der Waals surface area contributed by atoms with Crippen LogP contribution in [0.15, 0.2) is 0 Å². The van der Waals surface area contributed by atoms with Gasteiger partial charge in [0.15, 0.2) is 0 Å². The van der Waals surface area contributed by atoms with E-state index < -0.39 is 0 Å². The number of hydrogen-bond donors (Lipinski definition) is 1. The fourth-order valence-electron chi connectivity index (χ4n) is 1.65. The first-order valence-corrected chi connectivity index (χ1v) is 5.86. The summed E-state index contributed by atoms with van der Waals surface area (Å²) in [4.78, 5) is 25.9. The first-order chi connectivity index (χ1) is 7.65. The Morgan fingerprint density at radius 2 is 2.00 bits per heavy atom. The third-order valence-corrected chi connectivity index (χ3v) is 2.94. The lowest BCUT2D eigenvalue weighted by Crippen LogP contribution is -2.49. The predicted octanol–water partition coefficient (Wildman–Crippen LogP) is -0.325. The Hall–Kier alpha value is -1.10. The van der Waals surface area contributed by atoms with E-state index in [0.717, 1.165) is 39.0 Å². The standard InChI is InChI=1S/C11H21N3O2/c1-3-10(2)12-11(16)8-13-4-6-14(9-15)7-5-13/h9-10H,3-8H2,1-2H3,(H,12,16). The number of nitrogens with one attached hydrogen (secondary N) is 1. The number of amides is 2. The van der Waals surface area contributed by atoms with Crippen LogP contribution in [-0.4, -0.2) is 60.9 Å². The lowest BCUT2D eigenvalue weighted by Gasteiger charge is -2.32. The lowest BCUT2D eigenvalue weighted by atomic mass is 10.2. The van der Waals surface area contributed by atoms with Gasteiger partial charge in [0.2, 0.25) is 12.3 Å². The van der Waals surface area contributed by atoms with E-state index in [4.69, 9.17) is 0 Å². The Morgan fingerprint density at radius 3 is 2.50 bits per heavy atom. The normalized spacial score (nSPS) is 19.2. The monoisotopic (exact) mass is 227 g/mol. The van der Waals surface area contributed by atoms with Crippen LogP contribution in [-0.2, 0) is 9.59 Å². The minimum atomic E-state index is 0.0777. The van der Waals surface area contributed by atoms with E-state index >= 15 is 0 Å². The van der Waals surface area contributed by atoms with Crippen LogP contribution in [0.5, 0.6) is 0 Å². The third-order valence-electron chi connectivity index (χ3n) is 2.94. The van der Waals surface area contributed by atoms with Crippen molar-refractivity contribution >= 4 is 12.3 Å². The second-order valence-corrected chi connectivity index (χ2v) is 4.29. The number of carbonyl (C=O) groups is 2. The van der Waals surface area contributed by atoms with Gasteiger partial charge < -0.3 is 10.2 Å². The van der Waals surface area contributed by atoms with Gasteiger partial charge in [-0.25, -0.2) is 0 Å². The van der Waals surface area contributed by atoms with E-state index in [1.54, 1.807) is 4.90 Å². The number of carbonyl (C=O) groups excluding carboxylic acids is 2. The molecule has 92 valence electrons. The molecule has 1 aliphatic heterocycles. The van der Waals surface area contributed by atoms with Crippen LogP contribution in [0.4, 0.5) is 0 Å². The van der Waals surface area contributed by atoms with E-state index in [0.29, 0.717) is 6.54 Å². The zero-order valence-corrected chi connectivity index (χ0v) is 10.1. The minimum absolute atomic E-state index is 0.0777. The molecule has 1 fully saturated rings. The number of nitrogens with zero attached hydrogens (tertiary/aromatic N) is 2. The molecule has 1 heterocycles. The molecular formula is C11H21N3O2. The second kappa shape index (κ2) is 6.48. The number of hydrogen-bond acceptors (Lipinski definition) is 3. The maximum atomic E-state index is 11.6. The molecule has 5 nitrogen and oxygen atoms in total. The van der Waals surface area contributed by atoms with Crippen molar-refractivity contribution in [3.63, 3.8) is 0 Å². The van der Waals surface area contributed by atoms with Crippen molar-refractivity contribution in [3.8, 4) is 0 Å². The Morgan fingerprint density at radius 1 is 1.38 bits per heavy atom. The molecule has 0 spiro atoms. The van der Waals surface area contributed by atoms with E-state index in [1.165, 1.54) is 0 Å². The molecule has 0 aromatic carbocycles. The Balaban J connectivity index is 2.23. The van der Waals surface area contributed by atoms with E-state index in [1.807, 2.05) is 13.8 Å². The Kier molecular flexibility index (Phi) is 5.25. The van der Waals surface area contributed by atoms with Gasteiger partial charge in [-0.1, -0.05) is 6.92 Å². The summed E-state index contributed by atoms with van der Waals surface area (Å²) in [6.07, 6.45) is 1.82. The topological polar surface area (TPSA) is 52.7 Å². The molecule has 0 saturated carbocycles. The minimum Gasteiger partial charge on any atom is -0.353 e. The molecule has 1 unspecified atom stereocenters. The quantitative estimate of drug-likeness (QED) is 0.655. The highest BCUT2D eigenvalue weighted by Crippen LogP contribution is 1.99. The summed E-state index contributed by atoms with van der Waals surface area (Å²) < 4.78 is 0. The molecule has 0 bridgehead atoms. The largest absolute Gasteiger partial charge is 0.353 e. The number of rotatable bonds is 5. The molecule has 2 amide bonds. The van der Waals surface area contributed by atoms with Crippen LogP contribution in [0.2, 0.25) is 0 Å². The molecule has 1 N–H and O–H groups in total. The van der Waals surface area contributed by atoms with Crippen molar-refractivity contribution in [2.24, 2.45) is 0 Å². The van der Waals surface area contributed by atoms with Gasteiger partial charge in [0.25, 0.3) is 0 Å². The number of piperazine rings is 1. The van der Waals surface area contributed by atoms with Crippen molar-refractivity contribution < 1.29 is 9.59 Å². The Bertz CT molecular complexity index is 237. The maximum Gasteiger partial charge on any atom is 0.234 e.